The van der Waals surface area contributed by atoms with Gasteiger partial charge in [0.05, 0.1) is 11.4 Å². The number of urea groups is 2. The van der Waals surface area contributed by atoms with Crippen molar-refractivity contribution in [3.63, 3.8) is 0 Å². The second-order valence-corrected chi connectivity index (χ2v) is 8.69. The number of rotatable bonds is 5. The SMILES string of the molecule is O=C(NCCN1CCN(C(=O)Nc2cccc3ccccc23)CC1)Nc1cccc2ccccc12. The van der Waals surface area contributed by atoms with Gasteiger partial charge in [-0.05, 0) is 22.9 Å². The smallest absolute Gasteiger partial charge is 0.321 e. The Morgan fingerprint density at radius 3 is 1.83 bits per heavy atom. The number of carbonyl (C=O) groups excluding carboxylic acids is 2. The predicted molar refractivity (Wildman–Crippen MR) is 142 cm³/mol. The van der Waals surface area contributed by atoms with Crippen molar-refractivity contribution in [3.8, 4) is 0 Å². The van der Waals surface area contributed by atoms with Gasteiger partial charge < -0.3 is 20.9 Å². The summed E-state index contributed by atoms with van der Waals surface area (Å²) in [6.45, 7) is 4.13. The van der Waals surface area contributed by atoms with E-state index >= 15 is 0 Å². The maximum Gasteiger partial charge on any atom is 0.321 e. The minimum Gasteiger partial charge on any atom is -0.337 e. The van der Waals surface area contributed by atoms with E-state index < -0.39 is 0 Å². The van der Waals surface area contributed by atoms with Crippen molar-refractivity contribution in [3.05, 3.63) is 84.9 Å². The van der Waals surface area contributed by atoms with Crippen molar-refractivity contribution in [2.75, 3.05) is 49.9 Å². The molecule has 5 rings (SSSR count). The summed E-state index contributed by atoms with van der Waals surface area (Å²) in [5.74, 6) is 0. The first kappa shape index (κ1) is 22.7. The van der Waals surface area contributed by atoms with Crippen molar-refractivity contribution in [1.82, 2.24) is 15.1 Å². The first-order valence-corrected chi connectivity index (χ1v) is 12.0. The normalized spacial score (nSPS) is 14.1. The fraction of sp³-hybridized carbons (Fsp3) is 0.214. The molecular formula is C28H29N5O2. The number of hydrogen-bond acceptors (Lipinski definition) is 3. The van der Waals surface area contributed by atoms with Crippen molar-refractivity contribution < 1.29 is 9.59 Å². The topological polar surface area (TPSA) is 76.7 Å². The summed E-state index contributed by atoms with van der Waals surface area (Å²) in [6, 6.07) is 27.5. The largest absolute Gasteiger partial charge is 0.337 e. The Kier molecular flexibility index (Phi) is 6.77. The minimum atomic E-state index is -0.213. The summed E-state index contributed by atoms with van der Waals surface area (Å²) in [4.78, 5) is 29.3. The molecular weight excluding hydrogens is 438 g/mol. The lowest BCUT2D eigenvalue weighted by Crippen LogP contribution is -2.51. The van der Waals surface area contributed by atoms with Gasteiger partial charge in [-0.3, -0.25) is 4.90 Å². The van der Waals surface area contributed by atoms with Crippen LogP contribution in [0.5, 0.6) is 0 Å². The molecule has 4 aromatic carbocycles. The molecule has 7 nitrogen and oxygen atoms in total. The number of amides is 4. The van der Waals surface area contributed by atoms with E-state index in [1.807, 2.05) is 89.8 Å². The lowest BCUT2D eigenvalue weighted by atomic mass is 10.1. The van der Waals surface area contributed by atoms with E-state index in [1.165, 1.54) is 0 Å². The molecule has 1 heterocycles. The zero-order valence-corrected chi connectivity index (χ0v) is 19.5. The number of benzene rings is 4. The van der Waals surface area contributed by atoms with Gasteiger partial charge in [0.15, 0.2) is 0 Å². The molecule has 3 N–H and O–H groups in total. The summed E-state index contributed by atoms with van der Waals surface area (Å²) in [7, 11) is 0. The van der Waals surface area contributed by atoms with Crippen LogP contribution in [0.15, 0.2) is 84.9 Å². The fourth-order valence-electron chi connectivity index (χ4n) is 4.53. The van der Waals surface area contributed by atoms with Crippen LogP contribution in [0.2, 0.25) is 0 Å². The van der Waals surface area contributed by atoms with E-state index in [9.17, 15) is 9.59 Å². The molecule has 0 radical (unpaired) electrons. The van der Waals surface area contributed by atoms with Crippen molar-refractivity contribution in [2.45, 2.75) is 0 Å². The summed E-state index contributed by atoms with van der Waals surface area (Å²) in [5.41, 5.74) is 1.63. The summed E-state index contributed by atoms with van der Waals surface area (Å²) < 4.78 is 0. The van der Waals surface area contributed by atoms with Crippen LogP contribution in [-0.4, -0.2) is 61.1 Å². The average molecular weight is 468 g/mol. The number of nitrogens with zero attached hydrogens (tertiary/aromatic N) is 2. The van der Waals surface area contributed by atoms with Gasteiger partial charge >= 0.3 is 12.1 Å². The van der Waals surface area contributed by atoms with Crippen LogP contribution in [0.1, 0.15) is 0 Å². The molecule has 0 saturated carbocycles. The van der Waals surface area contributed by atoms with E-state index in [-0.39, 0.29) is 12.1 Å². The van der Waals surface area contributed by atoms with Crippen LogP contribution in [0.3, 0.4) is 0 Å². The Morgan fingerprint density at radius 1 is 0.657 bits per heavy atom. The van der Waals surface area contributed by atoms with Crippen LogP contribution >= 0.6 is 0 Å². The Labute approximate surface area is 204 Å². The Morgan fingerprint density at radius 2 is 1.20 bits per heavy atom. The molecule has 4 amide bonds. The number of anilines is 2. The average Bonchev–Trinajstić information content (AvgIpc) is 2.89. The standard InChI is InChI=1S/C28H29N5O2/c34-27(30-25-13-5-9-21-7-1-3-11-23(21)25)29-15-16-32-17-19-33(20-18-32)28(35)31-26-14-6-10-22-8-2-4-12-24(22)26/h1-14H,15-20H2,(H,31,35)(H2,29,30,34). The second kappa shape index (κ2) is 10.4. The highest BCUT2D eigenvalue weighted by Crippen LogP contribution is 2.24. The van der Waals surface area contributed by atoms with Crippen LogP contribution in [0.4, 0.5) is 21.0 Å². The lowest BCUT2D eigenvalue weighted by Gasteiger charge is -2.34. The van der Waals surface area contributed by atoms with Gasteiger partial charge in [-0.15, -0.1) is 0 Å². The highest BCUT2D eigenvalue weighted by molar-refractivity contribution is 6.02. The first-order chi connectivity index (χ1) is 17.2. The third-order valence-corrected chi connectivity index (χ3v) is 6.44. The Bertz CT molecular complexity index is 1330. The molecule has 35 heavy (non-hydrogen) atoms. The summed E-state index contributed by atoms with van der Waals surface area (Å²) >= 11 is 0. The highest BCUT2D eigenvalue weighted by Gasteiger charge is 2.21. The molecule has 7 heteroatoms. The molecule has 0 unspecified atom stereocenters. The summed E-state index contributed by atoms with van der Waals surface area (Å²) in [5, 5.41) is 13.2. The van der Waals surface area contributed by atoms with Crippen LogP contribution in [-0.2, 0) is 0 Å². The van der Waals surface area contributed by atoms with Gasteiger partial charge in [-0.2, -0.15) is 0 Å². The van der Waals surface area contributed by atoms with E-state index in [4.69, 9.17) is 0 Å². The lowest BCUT2D eigenvalue weighted by molar-refractivity contribution is 0.148. The number of nitrogens with one attached hydrogen (secondary N) is 3. The van der Waals surface area contributed by atoms with E-state index in [0.29, 0.717) is 19.6 Å². The van der Waals surface area contributed by atoms with Gasteiger partial charge in [0, 0.05) is 50.0 Å². The van der Waals surface area contributed by atoms with Crippen LogP contribution < -0.4 is 16.0 Å². The Balaban J connectivity index is 1.06. The zero-order chi connectivity index (χ0) is 24.0. The van der Waals surface area contributed by atoms with E-state index in [2.05, 4.69) is 20.9 Å². The molecule has 1 saturated heterocycles. The maximum atomic E-state index is 12.8. The van der Waals surface area contributed by atoms with Gasteiger partial charge in [0.1, 0.15) is 0 Å². The number of carbonyl (C=O) groups is 2. The molecule has 0 bridgehead atoms. The van der Waals surface area contributed by atoms with Crippen molar-refractivity contribution in [1.29, 1.82) is 0 Å². The monoisotopic (exact) mass is 467 g/mol. The van der Waals surface area contributed by atoms with Crippen molar-refractivity contribution in [2.24, 2.45) is 0 Å². The van der Waals surface area contributed by atoms with Crippen LogP contribution in [0.25, 0.3) is 21.5 Å². The van der Waals surface area contributed by atoms with E-state index in [0.717, 1.165) is 52.6 Å². The fourth-order valence-corrected chi connectivity index (χ4v) is 4.53. The number of hydrogen-bond donors (Lipinski definition) is 3. The van der Waals surface area contributed by atoms with Crippen LogP contribution in [0, 0.1) is 0 Å². The maximum absolute atomic E-state index is 12.8. The molecule has 4 aromatic rings. The molecule has 0 atom stereocenters. The Hall–Kier alpha value is -4.10. The molecule has 1 fully saturated rings. The minimum absolute atomic E-state index is 0.0754. The van der Waals surface area contributed by atoms with Gasteiger partial charge in [-0.25, -0.2) is 9.59 Å². The molecule has 178 valence electrons. The molecule has 0 aromatic heterocycles. The quantitative estimate of drug-likeness (QED) is 0.388. The van der Waals surface area contributed by atoms with E-state index in [1.54, 1.807) is 0 Å². The second-order valence-electron chi connectivity index (χ2n) is 8.69. The molecule has 0 spiro atoms. The molecule has 1 aliphatic heterocycles. The van der Waals surface area contributed by atoms with Gasteiger partial charge in [0.2, 0.25) is 0 Å². The third-order valence-electron chi connectivity index (χ3n) is 6.44. The zero-order valence-electron chi connectivity index (χ0n) is 19.5. The predicted octanol–water partition coefficient (Wildman–Crippen LogP) is 4.96. The third kappa shape index (κ3) is 5.36. The van der Waals surface area contributed by atoms with Crippen molar-refractivity contribution >= 4 is 45.0 Å². The van der Waals surface area contributed by atoms with Gasteiger partial charge in [0.25, 0.3) is 0 Å². The number of piperazine rings is 1. The molecule has 0 aliphatic carbocycles. The highest BCUT2D eigenvalue weighted by atomic mass is 16.2. The molecule has 1 aliphatic rings. The summed E-state index contributed by atoms with van der Waals surface area (Å²) in [6.07, 6.45) is 0. The first-order valence-electron chi connectivity index (χ1n) is 12.0. The van der Waals surface area contributed by atoms with Gasteiger partial charge in [-0.1, -0.05) is 72.8 Å². The number of fused-ring (bicyclic) bond motifs is 2.